The minimum atomic E-state index is -1.11. The van der Waals surface area contributed by atoms with Crippen LogP contribution in [0.15, 0.2) is 41.2 Å². The molecular formula is C12H9Cl2N3O2. The van der Waals surface area contributed by atoms with Crippen molar-refractivity contribution in [3.63, 3.8) is 0 Å². The number of hydrogen-bond donors (Lipinski definition) is 2. The van der Waals surface area contributed by atoms with Crippen molar-refractivity contribution in [2.45, 2.75) is 4.84 Å². The molecule has 0 aliphatic carbocycles. The number of carbonyl (C=O) groups excluding carboxylic acids is 1. The molecule has 2 rings (SSSR count). The van der Waals surface area contributed by atoms with Gasteiger partial charge in [-0.1, -0.05) is 35.3 Å². The largest absolute Gasteiger partial charge is 0.324 e. The molecule has 5 nitrogen and oxygen atoms in total. The molecule has 2 aromatic rings. The lowest BCUT2D eigenvalue weighted by Gasteiger charge is -2.06. The van der Waals surface area contributed by atoms with Gasteiger partial charge in [0.2, 0.25) is 0 Å². The highest BCUT2D eigenvalue weighted by molar-refractivity contribution is 6.54. The van der Waals surface area contributed by atoms with Gasteiger partial charge in [0.15, 0.2) is 4.84 Å². The van der Waals surface area contributed by atoms with Gasteiger partial charge >= 0.3 is 0 Å². The topological polar surface area (TPSA) is 74.8 Å². The zero-order valence-electron chi connectivity index (χ0n) is 9.56. The van der Waals surface area contributed by atoms with Gasteiger partial charge in [0, 0.05) is 17.3 Å². The quantitative estimate of drug-likeness (QED) is 0.853. The third kappa shape index (κ3) is 3.56. The van der Waals surface area contributed by atoms with E-state index in [0.717, 1.165) is 5.56 Å². The number of rotatable bonds is 3. The molecule has 0 spiro atoms. The maximum atomic E-state index is 11.3. The van der Waals surface area contributed by atoms with Crippen LogP contribution in [0.1, 0.15) is 0 Å². The second-order valence-electron chi connectivity index (χ2n) is 3.67. The maximum Gasteiger partial charge on any atom is 0.264 e. The van der Waals surface area contributed by atoms with Crippen LogP contribution < -0.4 is 10.9 Å². The molecule has 0 radical (unpaired) electrons. The Morgan fingerprint density at radius 3 is 2.37 bits per heavy atom. The Kier molecular flexibility index (Phi) is 4.19. The van der Waals surface area contributed by atoms with E-state index in [9.17, 15) is 9.59 Å². The standard InChI is InChI=1S/C12H9Cl2N3O2/c13-11(14)12(19)15-8-3-1-7(2-4-8)9-5-6-10(18)17-16-9/h1-6,11H,(H,15,19)(H,17,18). The predicted octanol–water partition coefficient (Wildman–Crippen LogP) is 2.18. The van der Waals surface area contributed by atoms with Crippen molar-refractivity contribution in [2.75, 3.05) is 5.32 Å². The van der Waals surface area contributed by atoms with Crippen molar-refractivity contribution in [1.29, 1.82) is 0 Å². The van der Waals surface area contributed by atoms with Crippen LogP contribution in [0.2, 0.25) is 0 Å². The molecule has 7 heteroatoms. The summed E-state index contributed by atoms with van der Waals surface area (Å²) >= 11 is 10.9. The second-order valence-corrected chi connectivity index (χ2v) is 4.77. The number of aromatic nitrogens is 2. The van der Waals surface area contributed by atoms with Crippen LogP contribution >= 0.6 is 23.2 Å². The van der Waals surface area contributed by atoms with Crippen LogP contribution in [-0.4, -0.2) is 20.9 Å². The third-order valence-electron chi connectivity index (χ3n) is 2.33. The van der Waals surface area contributed by atoms with Gasteiger partial charge in [-0.25, -0.2) is 5.10 Å². The van der Waals surface area contributed by atoms with E-state index >= 15 is 0 Å². The summed E-state index contributed by atoms with van der Waals surface area (Å²) < 4.78 is 0. The van der Waals surface area contributed by atoms with E-state index in [1.54, 1.807) is 30.3 Å². The molecular weight excluding hydrogens is 289 g/mol. The predicted molar refractivity (Wildman–Crippen MR) is 74.4 cm³/mol. The van der Waals surface area contributed by atoms with Gasteiger partial charge in [-0.15, -0.1) is 0 Å². The number of hydrogen-bond acceptors (Lipinski definition) is 3. The van der Waals surface area contributed by atoms with E-state index < -0.39 is 10.7 Å². The number of H-pyrrole nitrogens is 1. The fraction of sp³-hybridized carbons (Fsp3) is 0.0833. The fourth-order valence-corrected chi connectivity index (χ4v) is 1.54. The Hall–Kier alpha value is -1.85. The van der Waals surface area contributed by atoms with E-state index in [-0.39, 0.29) is 5.56 Å². The summed E-state index contributed by atoms with van der Waals surface area (Å²) in [5.41, 5.74) is 1.75. The molecule has 0 aliphatic heterocycles. The first-order valence-corrected chi connectivity index (χ1v) is 6.19. The summed E-state index contributed by atoms with van der Waals surface area (Å²) in [5.74, 6) is -0.488. The number of aromatic amines is 1. The van der Waals surface area contributed by atoms with Crippen molar-refractivity contribution >= 4 is 34.8 Å². The Bertz CT molecular complexity index is 618. The molecule has 2 N–H and O–H groups in total. The van der Waals surface area contributed by atoms with E-state index in [4.69, 9.17) is 23.2 Å². The highest BCUT2D eigenvalue weighted by Gasteiger charge is 2.11. The first-order chi connectivity index (χ1) is 9.06. The van der Waals surface area contributed by atoms with E-state index in [1.807, 2.05) is 0 Å². The molecule has 1 aromatic carbocycles. The van der Waals surface area contributed by atoms with Gasteiger partial charge in [0.1, 0.15) is 0 Å². The number of amides is 1. The summed E-state index contributed by atoms with van der Waals surface area (Å²) in [6, 6.07) is 9.90. The number of nitrogens with zero attached hydrogens (tertiary/aromatic N) is 1. The number of nitrogens with one attached hydrogen (secondary N) is 2. The number of carbonyl (C=O) groups is 1. The smallest absolute Gasteiger partial charge is 0.264 e. The van der Waals surface area contributed by atoms with E-state index in [1.165, 1.54) is 6.07 Å². The maximum absolute atomic E-state index is 11.3. The average Bonchev–Trinajstić information content (AvgIpc) is 2.40. The Morgan fingerprint density at radius 1 is 1.16 bits per heavy atom. The third-order valence-corrected chi connectivity index (χ3v) is 2.72. The van der Waals surface area contributed by atoms with Crippen LogP contribution in [0.5, 0.6) is 0 Å². The summed E-state index contributed by atoms with van der Waals surface area (Å²) in [6.07, 6.45) is 0. The van der Waals surface area contributed by atoms with Crippen LogP contribution in [0.25, 0.3) is 11.3 Å². The zero-order valence-corrected chi connectivity index (χ0v) is 11.1. The summed E-state index contributed by atoms with van der Waals surface area (Å²) in [5, 5.41) is 8.80. The van der Waals surface area contributed by atoms with Gasteiger partial charge in [0.05, 0.1) is 5.69 Å². The minimum Gasteiger partial charge on any atom is -0.324 e. The number of alkyl halides is 2. The van der Waals surface area contributed by atoms with Crippen LogP contribution in [0, 0.1) is 0 Å². The number of anilines is 1. The molecule has 1 aromatic heterocycles. The first kappa shape index (κ1) is 13.6. The lowest BCUT2D eigenvalue weighted by atomic mass is 10.1. The molecule has 0 fully saturated rings. The molecule has 0 saturated carbocycles. The highest BCUT2D eigenvalue weighted by Crippen LogP contribution is 2.18. The highest BCUT2D eigenvalue weighted by atomic mass is 35.5. The second kappa shape index (κ2) is 5.86. The fourth-order valence-electron chi connectivity index (χ4n) is 1.43. The SMILES string of the molecule is O=C(Nc1ccc(-c2ccc(=O)[nH]n2)cc1)C(Cl)Cl. The lowest BCUT2D eigenvalue weighted by Crippen LogP contribution is -2.18. The molecule has 0 unspecified atom stereocenters. The molecule has 0 aliphatic rings. The van der Waals surface area contributed by atoms with Gasteiger partial charge < -0.3 is 5.32 Å². The molecule has 0 saturated heterocycles. The molecule has 0 bridgehead atoms. The molecule has 0 atom stereocenters. The lowest BCUT2D eigenvalue weighted by molar-refractivity contribution is -0.114. The van der Waals surface area contributed by atoms with Crippen molar-refractivity contribution in [2.24, 2.45) is 0 Å². The van der Waals surface area contributed by atoms with E-state index in [0.29, 0.717) is 11.4 Å². The molecule has 19 heavy (non-hydrogen) atoms. The Labute approximate surface area is 118 Å². The van der Waals surface area contributed by atoms with Gasteiger partial charge in [-0.3, -0.25) is 9.59 Å². The molecule has 1 heterocycles. The zero-order chi connectivity index (χ0) is 13.8. The first-order valence-electron chi connectivity index (χ1n) is 5.31. The van der Waals surface area contributed by atoms with Crippen molar-refractivity contribution in [3.8, 4) is 11.3 Å². The monoisotopic (exact) mass is 297 g/mol. The molecule has 98 valence electrons. The Morgan fingerprint density at radius 2 is 1.84 bits per heavy atom. The summed E-state index contributed by atoms with van der Waals surface area (Å²) in [6.45, 7) is 0. The minimum absolute atomic E-state index is 0.261. The van der Waals surface area contributed by atoms with Gasteiger partial charge in [-0.05, 0) is 18.2 Å². The normalized spacial score (nSPS) is 10.5. The van der Waals surface area contributed by atoms with Gasteiger partial charge in [0.25, 0.3) is 11.5 Å². The van der Waals surface area contributed by atoms with Crippen molar-refractivity contribution in [3.05, 3.63) is 46.8 Å². The van der Waals surface area contributed by atoms with Crippen molar-refractivity contribution < 1.29 is 4.79 Å². The summed E-state index contributed by atoms with van der Waals surface area (Å²) in [4.78, 5) is 21.1. The van der Waals surface area contributed by atoms with Crippen LogP contribution in [0.4, 0.5) is 5.69 Å². The van der Waals surface area contributed by atoms with Crippen LogP contribution in [0.3, 0.4) is 0 Å². The van der Waals surface area contributed by atoms with Crippen molar-refractivity contribution in [1.82, 2.24) is 10.2 Å². The molecule has 1 amide bonds. The Balaban J connectivity index is 2.16. The number of halogens is 2. The van der Waals surface area contributed by atoms with Gasteiger partial charge in [-0.2, -0.15) is 5.10 Å². The summed E-state index contributed by atoms with van der Waals surface area (Å²) in [7, 11) is 0. The van der Waals surface area contributed by atoms with E-state index in [2.05, 4.69) is 15.5 Å². The average molecular weight is 298 g/mol. The van der Waals surface area contributed by atoms with Crippen LogP contribution in [-0.2, 0) is 4.79 Å². The number of benzene rings is 1.